The molecule has 0 atom stereocenters. The van der Waals surface area contributed by atoms with Crippen LogP contribution >= 0.6 is 39.1 Å². The van der Waals surface area contributed by atoms with Crippen molar-refractivity contribution in [3.05, 3.63) is 97.3 Å². The molecule has 0 aliphatic heterocycles. The Morgan fingerprint density at radius 2 is 1.69 bits per heavy atom. The molecule has 6 nitrogen and oxygen atoms in total. The van der Waals surface area contributed by atoms with Crippen LogP contribution in [0.4, 0.5) is 5.82 Å². The predicted octanol–water partition coefficient (Wildman–Crippen LogP) is 6.11. The molecule has 0 aliphatic carbocycles. The van der Waals surface area contributed by atoms with Crippen molar-refractivity contribution in [1.82, 2.24) is 19.6 Å². The number of carbonyl (C=O) groups is 1. The van der Waals surface area contributed by atoms with Gasteiger partial charge in [0.25, 0.3) is 5.91 Å². The maximum atomic E-state index is 12.7. The third-order valence-electron chi connectivity index (χ3n) is 4.93. The number of carbonyl (C=O) groups excluding carboxylic acids is 1. The van der Waals surface area contributed by atoms with Crippen molar-refractivity contribution in [3.63, 3.8) is 0 Å². The average molecular weight is 533 g/mol. The summed E-state index contributed by atoms with van der Waals surface area (Å²) >= 11 is 15.5. The molecule has 0 radical (unpaired) electrons. The van der Waals surface area contributed by atoms with Gasteiger partial charge in [-0.2, -0.15) is 10.2 Å². The quantitative estimate of drug-likeness (QED) is 0.325. The van der Waals surface area contributed by atoms with Gasteiger partial charge in [0, 0.05) is 17.5 Å². The number of benzene rings is 2. The van der Waals surface area contributed by atoms with Gasteiger partial charge in [-0.3, -0.25) is 14.2 Å². The average Bonchev–Trinajstić information content (AvgIpc) is 3.25. The van der Waals surface area contributed by atoms with E-state index in [2.05, 4.69) is 31.4 Å². The van der Waals surface area contributed by atoms with Gasteiger partial charge < -0.3 is 5.32 Å². The summed E-state index contributed by atoms with van der Waals surface area (Å²) < 4.78 is 4.35. The number of aryl methyl sites for hydroxylation is 2. The molecule has 164 valence electrons. The fourth-order valence-corrected chi connectivity index (χ4v) is 4.07. The van der Waals surface area contributed by atoms with E-state index in [4.69, 9.17) is 23.2 Å². The number of hydrogen-bond donors (Lipinski definition) is 1. The van der Waals surface area contributed by atoms with Crippen LogP contribution in [0.1, 0.15) is 32.9 Å². The van der Waals surface area contributed by atoms with E-state index in [-0.39, 0.29) is 5.91 Å². The zero-order chi connectivity index (χ0) is 22.8. The highest BCUT2D eigenvalue weighted by Crippen LogP contribution is 2.25. The van der Waals surface area contributed by atoms with Crippen LogP contribution in [0, 0.1) is 13.8 Å². The Hall–Kier alpha value is -2.61. The minimum absolute atomic E-state index is 0.233. The highest BCUT2D eigenvalue weighted by Gasteiger charge is 2.13. The number of nitrogens with one attached hydrogen (secondary N) is 1. The van der Waals surface area contributed by atoms with Gasteiger partial charge in [0.1, 0.15) is 0 Å². The van der Waals surface area contributed by atoms with Crippen molar-refractivity contribution in [2.75, 3.05) is 5.32 Å². The Bertz CT molecular complexity index is 1280. The summed E-state index contributed by atoms with van der Waals surface area (Å²) in [5, 5.41) is 12.8. The Kier molecular flexibility index (Phi) is 6.69. The van der Waals surface area contributed by atoms with E-state index in [0.717, 1.165) is 22.5 Å². The lowest BCUT2D eigenvalue weighted by molar-refractivity contribution is 0.102. The smallest absolute Gasteiger partial charge is 0.256 e. The summed E-state index contributed by atoms with van der Waals surface area (Å²) in [7, 11) is 0. The number of aromatic nitrogens is 4. The van der Waals surface area contributed by atoms with E-state index < -0.39 is 0 Å². The molecular formula is C23H20BrCl2N5O. The molecule has 0 fully saturated rings. The predicted molar refractivity (Wildman–Crippen MR) is 131 cm³/mol. The molecule has 4 rings (SSSR count). The molecule has 9 heteroatoms. The van der Waals surface area contributed by atoms with Gasteiger partial charge in [0.2, 0.25) is 0 Å². The summed E-state index contributed by atoms with van der Waals surface area (Å²) in [4.78, 5) is 12.7. The Balaban J connectivity index is 1.42. The Morgan fingerprint density at radius 3 is 2.34 bits per heavy atom. The second kappa shape index (κ2) is 9.48. The first-order chi connectivity index (χ1) is 15.3. The van der Waals surface area contributed by atoms with Gasteiger partial charge in [-0.1, -0.05) is 41.4 Å². The third kappa shape index (κ3) is 5.23. The summed E-state index contributed by atoms with van der Waals surface area (Å²) in [6.45, 7) is 5.15. The van der Waals surface area contributed by atoms with E-state index in [1.807, 2.05) is 42.8 Å². The minimum atomic E-state index is -0.233. The second-order valence-electron chi connectivity index (χ2n) is 7.51. The molecular weight excluding hydrogens is 513 g/mol. The van der Waals surface area contributed by atoms with Gasteiger partial charge in [0.15, 0.2) is 5.82 Å². The van der Waals surface area contributed by atoms with Gasteiger partial charge in [-0.15, -0.1) is 0 Å². The Labute approximate surface area is 204 Å². The summed E-state index contributed by atoms with van der Waals surface area (Å²) in [5.41, 5.74) is 4.66. The van der Waals surface area contributed by atoms with Crippen molar-refractivity contribution in [2.24, 2.45) is 0 Å². The first-order valence-electron chi connectivity index (χ1n) is 9.87. The van der Waals surface area contributed by atoms with Crippen LogP contribution < -0.4 is 5.32 Å². The molecule has 0 aliphatic rings. The lowest BCUT2D eigenvalue weighted by Crippen LogP contribution is -2.13. The zero-order valence-corrected chi connectivity index (χ0v) is 20.5. The van der Waals surface area contributed by atoms with Gasteiger partial charge >= 0.3 is 0 Å². The van der Waals surface area contributed by atoms with Gasteiger partial charge in [0.05, 0.1) is 33.3 Å². The van der Waals surface area contributed by atoms with Crippen molar-refractivity contribution < 1.29 is 4.79 Å². The SMILES string of the molecule is Cc1cc(C)n(Cc2ccc(C(=O)Nc3nn(Cc4ccc(Cl)c(Cl)c4)cc3Br)cc2)n1. The highest BCUT2D eigenvalue weighted by atomic mass is 79.9. The maximum absolute atomic E-state index is 12.7. The number of halogens is 3. The number of anilines is 1. The normalized spacial score (nSPS) is 11.0. The van der Waals surface area contributed by atoms with Crippen LogP contribution in [0.5, 0.6) is 0 Å². The maximum Gasteiger partial charge on any atom is 0.256 e. The number of amides is 1. The van der Waals surface area contributed by atoms with Crippen LogP contribution in [0.25, 0.3) is 0 Å². The van der Waals surface area contributed by atoms with Gasteiger partial charge in [-0.05, 0) is 71.2 Å². The van der Waals surface area contributed by atoms with Gasteiger partial charge in [-0.25, -0.2) is 0 Å². The standard InChI is InChI=1S/C23H20BrCl2N5O/c1-14-9-15(2)31(28-14)12-16-3-6-18(7-4-16)23(32)27-22-19(24)13-30(29-22)11-17-5-8-20(25)21(26)10-17/h3-10,13H,11-12H2,1-2H3,(H,27,29,32). The van der Waals surface area contributed by atoms with Crippen LogP contribution in [0.2, 0.25) is 10.0 Å². The van der Waals surface area contributed by atoms with Crippen molar-refractivity contribution in [1.29, 1.82) is 0 Å². The zero-order valence-electron chi connectivity index (χ0n) is 17.4. The van der Waals surface area contributed by atoms with E-state index >= 15 is 0 Å². The highest BCUT2D eigenvalue weighted by molar-refractivity contribution is 9.10. The van der Waals surface area contributed by atoms with E-state index in [1.165, 1.54) is 0 Å². The number of hydrogen-bond acceptors (Lipinski definition) is 3. The molecule has 1 N–H and O–H groups in total. The summed E-state index contributed by atoms with van der Waals surface area (Å²) in [6, 6.07) is 14.9. The van der Waals surface area contributed by atoms with Crippen LogP contribution in [-0.2, 0) is 13.1 Å². The summed E-state index contributed by atoms with van der Waals surface area (Å²) in [6.07, 6.45) is 1.80. The lowest BCUT2D eigenvalue weighted by atomic mass is 10.1. The van der Waals surface area contributed by atoms with Crippen molar-refractivity contribution >= 4 is 50.9 Å². The molecule has 4 aromatic rings. The Morgan fingerprint density at radius 1 is 0.969 bits per heavy atom. The van der Waals surface area contributed by atoms with Crippen molar-refractivity contribution in [2.45, 2.75) is 26.9 Å². The largest absolute Gasteiger partial charge is 0.304 e. The molecule has 2 aromatic carbocycles. The van der Waals surface area contributed by atoms with E-state index in [1.54, 1.807) is 35.1 Å². The molecule has 2 aromatic heterocycles. The monoisotopic (exact) mass is 531 g/mol. The minimum Gasteiger partial charge on any atom is -0.304 e. The van der Waals surface area contributed by atoms with Crippen molar-refractivity contribution in [3.8, 4) is 0 Å². The van der Waals surface area contributed by atoms with Crippen LogP contribution in [0.3, 0.4) is 0 Å². The van der Waals surface area contributed by atoms with Crippen LogP contribution in [0.15, 0.2) is 59.2 Å². The second-order valence-corrected chi connectivity index (χ2v) is 9.18. The van der Waals surface area contributed by atoms with E-state index in [9.17, 15) is 4.79 Å². The third-order valence-corrected chi connectivity index (χ3v) is 6.25. The lowest BCUT2D eigenvalue weighted by Gasteiger charge is -2.07. The number of nitrogens with zero attached hydrogens (tertiary/aromatic N) is 4. The number of rotatable bonds is 6. The molecule has 0 saturated carbocycles. The fourth-order valence-electron chi connectivity index (χ4n) is 3.34. The first-order valence-corrected chi connectivity index (χ1v) is 11.4. The molecule has 0 spiro atoms. The molecule has 0 saturated heterocycles. The first kappa shape index (κ1) is 22.6. The van der Waals surface area contributed by atoms with Crippen LogP contribution in [-0.4, -0.2) is 25.5 Å². The molecule has 32 heavy (non-hydrogen) atoms. The molecule has 2 heterocycles. The molecule has 0 bridgehead atoms. The summed E-state index contributed by atoms with van der Waals surface area (Å²) in [5.74, 6) is 0.213. The molecule has 0 unspecified atom stereocenters. The fraction of sp³-hybridized carbons (Fsp3) is 0.174. The topological polar surface area (TPSA) is 64.7 Å². The molecule has 1 amide bonds. The van der Waals surface area contributed by atoms with E-state index in [0.29, 0.717) is 39.0 Å².